The molecule has 0 spiro atoms. The van der Waals surface area contributed by atoms with E-state index in [2.05, 4.69) is 39.4 Å². The van der Waals surface area contributed by atoms with Crippen LogP contribution in [0, 0.1) is 19.7 Å². The molecule has 0 saturated carbocycles. The number of benzene rings is 2. The Morgan fingerprint density at radius 2 is 1.70 bits per heavy atom. The number of aliphatic hydroxyl groups excluding tert-OH is 1. The molecule has 1 aliphatic rings. The molecule has 2 aromatic carbocycles. The molecule has 0 amide bonds. The van der Waals surface area contributed by atoms with Crippen molar-refractivity contribution in [3.63, 3.8) is 0 Å². The Morgan fingerprint density at radius 1 is 1.07 bits per heavy atom. The van der Waals surface area contributed by atoms with E-state index in [1.165, 1.54) is 23.3 Å². The summed E-state index contributed by atoms with van der Waals surface area (Å²) in [6, 6.07) is 15.0. The van der Waals surface area contributed by atoms with Gasteiger partial charge in [0.05, 0.1) is 17.8 Å². The molecule has 1 saturated heterocycles. The van der Waals surface area contributed by atoms with Gasteiger partial charge in [-0.2, -0.15) is 5.10 Å². The van der Waals surface area contributed by atoms with Crippen LogP contribution < -0.4 is 0 Å². The highest BCUT2D eigenvalue weighted by molar-refractivity contribution is 5.63. The number of nitrogens with zero attached hydrogens (tertiary/aromatic N) is 2. The van der Waals surface area contributed by atoms with Crippen molar-refractivity contribution in [3.8, 4) is 11.1 Å². The molecule has 0 bridgehead atoms. The van der Waals surface area contributed by atoms with Crippen molar-refractivity contribution in [2.24, 2.45) is 0 Å². The molecule has 1 fully saturated rings. The van der Waals surface area contributed by atoms with Crippen molar-refractivity contribution in [2.45, 2.75) is 32.4 Å². The molecule has 2 atom stereocenters. The minimum absolute atomic E-state index is 0.0585. The highest BCUT2D eigenvalue weighted by atomic mass is 19.1. The summed E-state index contributed by atoms with van der Waals surface area (Å²) in [5.41, 5.74) is 6.44. The van der Waals surface area contributed by atoms with Crippen molar-refractivity contribution < 1.29 is 9.50 Å². The Balaban J connectivity index is 1.71. The Labute approximate surface area is 158 Å². The summed E-state index contributed by atoms with van der Waals surface area (Å²) in [6.45, 7) is 5.58. The van der Waals surface area contributed by atoms with Crippen molar-refractivity contribution in [3.05, 3.63) is 76.9 Å². The molecule has 1 aromatic heterocycles. The number of nitrogens with one attached hydrogen (secondary N) is 1. The SMILES string of the molecule is Cc1n[nH]c(C)c1C(c1ccc(-c2ccc(F)cc2)cc1)N1CCC(O)C1. The molecular formula is C22H24FN3O. The van der Waals surface area contributed by atoms with Crippen molar-refractivity contribution in [1.29, 1.82) is 0 Å². The lowest BCUT2D eigenvalue weighted by molar-refractivity contribution is 0.167. The fourth-order valence-corrected chi connectivity index (χ4v) is 4.03. The number of β-amino-alcohol motifs (C(OH)–C–C–N with tert-alkyl or cyclic N) is 1. The van der Waals surface area contributed by atoms with Gasteiger partial charge in [-0.3, -0.25) is 10.00 Å². The van der Waals surface area contributed by atoms with Gasteiger partial charge in [0, 0.05) is 24.3 Å². The summed E-state index contributed by atoms with van der Waals surface area (Å²) in [6.07, 6.45) is 0.513. The highest BCUT2D eigenvalue weighted by Gasteiger charge is 2.32. The Kier molecular flexibility index (Phi) is 4.81. The number of hydrogen-bond donors (Lipinski definition) is 2. The van der Waals surface area contributed by atoms with E-state index in [0.717, 1.165) is 35.5 Å². The number of H-pyrrole nitrogens is 1. The molecule has 2 N–H and O–H groups in total. The van der Waals surface area contributed by atoms with Crippen LogP contribution in [0.15, 0.2) is 48.5 Å². The number of aryl methyl sites for hydroxylation is 2. The van der Waals surface area contributed by atoms with Gasteiger partial charge in [0.2, 0.25) is 0 Å². The molecule has 0 radical (unpaired) electrons. The molecule has 5 heteroatoms. The molecule has 1 aliphatic heterocycles. The number of halogens is 1. The minimum Gasteiger partial charge on any atom is -0.392 e. The van der Waals surface area contributed by atoms with E-state index in [1.54, 1.807) is 12.1 Å². The van der Waals surface area contributed by atoms with E-state index in [9.17, 15) is 9.50 Å². The Bertz CT molecular complexity index is 898. The van der Waals surface area contributed by atoms with Crippen LogP contribution >= 0.6 is 0 Å². The van der Waals surface area contributed by atoms with Crippen molar-refractivity contribution in [2.75, 3.05) is 13.1 Å². The second-order valence-corrected chi connectivity index (χ2v) is 7.32. The first-order chi connectivity index (χ1) is 13.0. The van der Waals surface area contributed by atoms with E-state index >= 15 is 0 Å². The third-order valence-corrected chi connectivity index (χ3v) is 5.42. The predicted molar refractivity (Wildman–Crippen MR) is 104 cm³/mol. The normalized spacial score (nSPS) is 18.7. The lowest BCUT2D eigenvalue weighted by Gasteiger charge is -2.29. The van der Waals surface area contributed by atoms with E-state index in [-0.39, 0.29) is 18.0 Å². The van der Waals surface area contributed by atoms with Crippen LogP contribution in [0.3, 0.4) is 0 Å². The standard InChI is InChI=1S/C22H24FN3O/c1-14-21(15(2)25-24-14)22(26-12-11-20(27)13-26)18-5-3-16(4-6-18)17-7-9-19(23)10-8-17/h3-10,20,22,27H,11-13H2,1-2H3,(H,24,25). The monoisotopic (exact) mass is 365 g/mol. The number of aromatic amines is 1. The maximum atomic E-state index is 13.2. The highest BCUT2D eigenvalue weighted by Crippen LogP contribution is 2.35. The molecule has 2 heterocycles. The van der Waals surface area contributed by atoms with E-state index < -0.39 is 0 Å². The number of aliphatic hydroxyl groups is 1. The number of likely N-dealkylation sites (tertiary alicyclic amines) is 1. The van der Waals surface area contributed by atoms with E-state index in [1.807, 2.05) is 13.8 Å². The third-order valence-electron chi connectivity index (χ3n) is 5.42. The average molecular weight is 365 g/mol. The molecule has 2 unspecified atom stereocenters. The van der Waals surface area contributed by atoms with Gasteiger partial charge < -0.3 is 5.11 Å². The smallest absolute Gasteiger partial charge is 0.123 e. The molecule has 0 aliphatic carbocycles. The summed E-state index contributed by atoms with van der Waals surface area (Å²) < 4.78 is 13.2. The molecule has 4 nitrogen and oxygen atoms in total. The molecule has 3 aromatic rings. The van der Waals surface area contributed by atoms with Crippen molar-refractivity contribution >= 4 is 0 Å². The van der Waals surface area contributed by atoms with Crippen LogP contribution in [0.1, 0.15) is 35.0 Å². The fourth-order valence-electron chi connectivity index (χ4n) is 4.03. The first kappa shape index (κ1) is 17.9. The first-order valence-corrected chi connectivity index (χ1v) is 9.32. The van der Waals surface area contributed by atoms with Crippen LogP contribution in [0.2, 0.25) is 0 Å². The van der Waals surface area contributed by atoms with Gasteiger partial charge in [-0.25, -0.2) is 4.39 Å². The zero-order chi connectivity index (χ0) is 19.0. The lowest BCUT2D eigenvalue weighted by Crippen LogP contribution is -2.29. The van der Waals surface area contributed by atoms with Gasteiger partial charge >= 0.3 is 0 Å². The topological polar surface area (TPSA) is 52.2 Å². The second-order valence-electron chi connectivity index (χ2n) is 7.32. The average Bonchev–Trinajstić information content (AvgIpc) is 3.24. The summed E-state index contributed by atoms with van der Waals surface area (Å²) in [5.74, 6) is -0.228. The summed E-state index contributed by atoms with van der Waals surface area (Å²) in [7, 11) is 0. The largest absolute Gasteiger partial charge is 0.392 e. The quantitative estimate of drug-likeness (QED) is 0.735. The fraction of sp³-hybridized carbons (Fsp3) is 0.318. The summed E-state index contributed by atoms with van der Waals surface area (Å²) >= 11 is 0. The zero-order valence-corrected chi connectivity index (χ0v) is 15.6. The lowest BCUT2D eigenvalue weighted by atomic mass is 9.94. The number of hydrogen-bond acceptors (Lipinski definition) is 3. The maximum absolute atomic E-state index is 13.2. The van der Waals surface area contributed by atoms with Crippen LogP contribution in [-0.2, 0) is 0 Å². The third kappa shape index (κ3) is 3.53. The van der Waals surface area contributed by atoms with E-state index in [0.29, 0.717) is 6.54 Å². The van der Waals surface area contributed by atoms with Gasteiger partial charge in [-0.15, -0.1) is 0 Å². The van der Waals surface area contributed by atoms with Gasteiger partial charge in [0.1, 0.15) is 5.82 Å². The van der Waals surface area contributed by atoms with Crippen LogP contribution in [0.4, 0.5) is 4.39 Å². The minimum atomic E-state index is -0.279. The molecule has 4 rings (SSSR count). The second kappa shape index (κ2) is 7.25. The first-order valence-electron chi connectivity index (χ1n) is 9.32. The van der Waals surface area contributed by atoms with Gasteiger partial charge in [-0.1, -0.05) is 36.4 Å². The summed E-state index contributed by atoms with van der Waals surface area (Å²) in [5, 5.41) is 17.5. The van der Waals surface area contributed by atoms with Crippen LogP contribution in [0.5, 0.6) is 0 Å². The number of rotatable bonds is 4. The zero-order valence-electron chi connectivity index (χ0n) is 15.6. The summed E-state index contributed by atoms with van der Waals surface area (Å²) in [4.78, 5) is 2.32. The Morgan fingerprint density at radius 3 is 2.22 bits per heavy atom. The molecule has 27 heavy (non-hydrogen) atoms. The van der Waals surface area contributed by atoms with Crippen LogP contribution in [0.25, 0.3) is 11.1 Å². The van der Waals surface area contributed by atoms with Gasteiger partial charge in [0.15, 0.2) is 0 Å². The Hall–Kier alpha value is -2.50. The predicted octanol–water partition coefficient (Wildman–Crippen LogP) is 3.99. The van der Waals surface area contributed by atoms with Crippen molar-refractivity contribution in [1.82, 2.24) is 15.1 Å². The van der Waals surface area contributed by atoms with Crippen LogP contribution in [-0.4, -0.2) is 39.4 Å². The number of aromatic nitrogens is 2. The van der Waals surface area contributed by atoms with Gasteiger partial charge in [-0.05, 0) is 49.1 Å². The van der Waals surface area contributed by atoms with E-state index in [4.69, 9.17) is 0 Å². The molecular weight excluding hydrogens is 341 g/mol. The maximum Gasteiger partial charge on any atom is 0.123 e. The molecule has 140 valence electrons. The van der Waals surface area contributed by atoms with Gasteiger partial charge in [0.25, 0.3) is 0 Å².